The van der Waals surface area contributed by atoms with Gasteiger partial charge in [-0.2, -0.15) is 0 Å². The first-order chi connectivity index (χ1) is 13.2. The van der Waals surface area contributed by atoms with Crippen molar-refractivity contribution in [1.82, 2.24) is 0 Å². The summed E-state index contributed by atoms with van der Waals surface area (Å²) < 4.78 is 11.0. The van der Waals surface area contributed by atoms with Gasteiger partial charge in [-0.05, 0) is 66.2 Å². The molecule has 2 aliphatic heterocycles. The normalized spacial score (nSPS) is 31.9. The molecule has 2 aromatic rings. The van der Waals surface area contributed by atoms with E-state index < -0.39 is 5.97 Å². The van der Waals surface area contributed by atoms with E-state index in [0.29, 0.717) is 23.7 Å². The zero-order valence-corrected chi connectivity index (χ0v) is 14.8. The monoisotopic (exact) mass is 362 g/mol. The predicted molar refractivity (Wildman–Crippen MR) is 96.8 cm³/mol. The predicted octanol–water partition coefficient (Wildman–Crippen LogP) is 3.08. The van der Waals surface area contributed by atoms with E-state index in [2.05, 4.69) is 23.5 Å². The highest BCUT2D eigenvalue weighted by Crippen LogP contribution is 2.64. The van der Waals surface area contributed by atoms with E-state index in [9.17, 15) is 9.90 Å². The van der Waals surface area contributed by atoms with Crippen LogP contribution in [0.2, 0.25) is 0 Å². The maximum absolute atomic E-state index is 11.7. The minimum absolute atomic E-state index is 0.0767. The van der Waals surface area contributed by atoms with Crippen LogP contribution in [0.25, 0.3) is 0 Å². The highest BCUT2D eigenvalue weighted by atomic mass is 16.7. The molecule has 2 saturated carbocycles. The molecule has 0 amide bonds. The highest BCUT2D eigenvalue weighted by Gasteiger charge is 2.54. The topological polar surface area (TPSA) is 70.6 Å². The van der Waals surface area contributed by atoms with Crippen molar-refractivity contribution < 1.29 is 19.4 Å². The molecule has 0 saturated heterocycles. The standard InChI is InChI=1S/C22H21NO4/c24-22(25)15-3-1-2-14-18-11-4-5-12(8-11)19(18)20(23-21(14)15)13-6-7-16-17(9-13)27-10-26-16/h1-3,6-7,9,11-12,18-20,23H,4-5,8,10H2,(H,24,25)/p-1/t11-,12+,18+,19+,20+/m1/s1. The minimum Gasteiger partial charge on any atom is -0.545 e. The largest absolute Gasteiger partial charge is 0.545 e. The van der Waals surface area contributed by atoms with E-state index in [4.69, 9.17) is 9.47 Å². The van der Waals surface area contributed by atoms with E-state index in [1.54, 1.807) is 6.07 Å². The third kappa shape index (κ3) is 2.08. The van der Waals surface area contributed by atoms with Crippen molar-refractivity contribution in [2.75, 3.05) is 12.1 Å². The number of anilines is 1. The molecule has 2 fully saturated rings. The number of carbonyl (C=O) groups is 1. The van der Waals surface area contributed by atoms with Gasteiger partial charge in [0.05, 0.1) is 12.0 Å². The number of carboxylic acids is 1. The van der Waals surface area contributed by atoms with E-state index in [0.717, 1.165) is 28.3 Å². The molecule has 0 spiro atoms. The van der Waals surface area contributed by atoms with Crippen LogP contribution >= 0.6 is 0 Å². The van der Waals surface area contributed by atoms with Gasteiger partial charge in [0.1, 0.15) is 0 Å². The molecular formula is C22H20NO4-. The van der Waals surface area contributed by atoms with Crippen molar-refractivity contribution >= 4 is 11.7 Å². The quantitative estimate of drug-likeness (QED) is 0.889. The molecule has 2 aliphatic carbocycles. The number of nitrogens with one attached hydrogen (secondary N) is 1. The average Bonchev–Trinajstić information content (AvgIpc) is 3.42. The SMILES string of the molecule is O=C([O-])c1cccc2c1N[C@@H](c1ccc3c(c1)OCO3)[C@H]1[C@H]3CC[C@H](C3)[C@@H]21. The summed E-state index contributed by atoms with van der Waals surface area (Å²) >= 11 is 0. The van der Waals surface area contributed by atoms with Gasteiger partial charge in [0.15, 0.2) is 11.5 Å². The minimum atomic E-state index is -1.12. The number of hydrogen-bond donors (Lipinski definition) is 1. The van der Waals surface area contributed by atoms with Crippen molar-refractivity contribution in [3.63, 3.8) is 0 Å². The van der Waals surface area contributed by atoms with Gasteiger partial charge in [-0.15, -0.1) is 0 Å². The molecule has 27 heavy (non-hydrogen) atoms. The maximum Gasteiger partial charge on any atom is 0.231 e. The Hall–Kier alpha value is -2.69. The Morgan fingerprint density at radius 2 is 1.93 bits per heavy atom. The molecule has 0 aromatic heterocycles. The fourth-order valence-electron chi connectivity index (χ4n) is 6.12. The molecular weight excluding hydrogens is 342 g/mol. The molecule has 138 valence electrons. The molecule has 5 nitrogen and oxygen atoms in total. The smallest absolute Gasteiger partial charge is 0.231 e. The van der Waals surface area contributed by atoms with Gasteiger partial charge in [0, 0.05) is 11.3 Å². The van der Waals surface area contributed by atoms with Crippen molar-refractivity contribution in [1.29, 1.82) is 0 Å². The third-order valence-electron chi connectivity index (χ3n) is 7.10. The number of rotatable bonds is 2. The summed E-state index contributed by atoms with van der Waals surface area (Å²) in [6.45, 7) is 0.255. The summed E-state index contributed by atoms with van der Waals surface area (Å²) in [6.07, 6.45) is 3.76. The van der Waals surface area contributed by atoms with Crippen LogP contribution in [0.5, 0.6) is 11.5 Å². The average molecular weight is 362 g/mol. The molecule has 6 rings (SSSR count). The number of aromatic carboxylic acids is 1. The molecule has 1 N–H and O–H groups in total. The van der Waals surface area contributed by atoms with Crippen molar-refractivity contribution in [2.45, 2.75) is 31.2 Å². The number of carbonyl (C=O) groups excluding carboxylic acids is 1. The van der Waals surface area contributed by atoms with Crippen LogP contribution in [0.1, 0.15) is 52.7 Å². The maximum atomic E-state index is 11.7. The summed E-state index contributed by atoms with van der Waals surface area (Å²) in [4.78, 5) is 11.7. The van der Waals surface area contributed by atoms with Crippen LogP contribution in [-0.2, 0) is 0 Å². The van der Waals surface area contributed by atoms with E-state index in [1.165, 1.54) is 19.3 Å². The van der Waals surface area contributed by atoms with E-state index in [-0.39, 0.29) is 18.4 Å². The number of carboxylic acid groups (broad SMARTS) is 1. The molecule has 0 unspecified atom stereocenters. The zero-order valence-electron chi connectivity index (χ0n) is 14.8. The lowest BCUT2D eigenvalue weighted by atomic mass is 9.67. The van der Waals surface area contributed by atoms with Gasteiger partial charge in [-0.1, -0.05) is 24.3 Å². The summed E-state index contributed by atoms with van der Waals surface area (Å²) in [7, 11) is 0. The lowest BCUT2D eigenvalue weighted by Crippen LogP contribution is -2.37. The number of fused-ring (bicyclic) bond motifs is 8. The Balaban J connectivity index is 1.51. The molecule has 5 atom stereocenters. The number of ether oxygens (including phenoxy) is 2. The Kier molecular flexibility index (Phi) is 3.08. The van der Waals surface area contributed by atoms with Crippen LogP contribution < -0.4 is 19.9 Å². The first kappa shape index (κ1) is 15.4. The summed E-state index contributed by atoms with van der Waals surface area (Å²) in [5.41, 5.74) is 3.31. The van der Waals surface area contributed by atoms with Crippen molar-refractivity contribution in [3.05, 3.63) is 53.1 Å². The van der Waals surface area contributed by atoms with Gasteiger partial charge in [-0.25, -0.2) is 0 Å². The second-order valence-electron chi connectivity index (χ2n) is 8.23. The van der Waals surface area contributed by atoms with Crippen molar-refractivity contribution in [3.8, 4) is 11.5 Å². The van der Waals surface area contributed by atoms with Gasteiger partial charge < -0.3 is 24.7 Å². The Labute approximate surface area is 157 Å². The summed E-state index contributed by atoms with van der Waals surface area (Å²) in [6, 6.07) is 11.8. The highest BCUT2D eigenvalue weighted by molar-refractivity contribution is 5.94. The van der Waals surface area contributed by atoms with Crippen LogP contribution in [0.4, 0.5) is 5.69 Å². The van der Waals surface area contributed by atoms with Crippen LogP contribution in [0.3, 0.4) is 0 Å². The third-order valence-corrected chi connectivity index (χ3v) is 7.10. The Morgan fingerprint density at radius 1 is 1.07 bits per heavy atom. The Bertz CT molecular complexity index is 955. The molecule has 4 aliphatic rings. The first-order valence-corrected chi connectivity index (χ1v) is 9.71. The first-order valence-electron chi connectivity index (χ1n) is 9.71. The van der Waals surface area contributed by atoms with E-state index >= 15 is 0 Å². The zero-order chi connectivity index (χ0) is 18.1. The fourth-order valence-corrected chi connectivity index (χ4v) is 6.12. The molecule has 0 radical (unpaired) electrons. The molecule has 2 bridgehead atoms. The lowest BCUT2D eigenvalue weighted by molar-refractivity contribution is -0.254. The number of benzene rings is 2. The molecule has 2 heterocycles. The Morgan fingerprint density at radius 3 is 2.81 bits per heavy atom. The van der Waals surface area contributed by atoms with Crippen molar-refractivity contribution in [2.24, 2.45) is 17.8 Å². The lowest BCUT2D eigenvalue weighted by Gasteiger charge is -2.44. The van der Waals surface area contributed by atoms with Crippen LogP contribution in [0, 0.1) is 17.8 Å². The molecule has 2 aromatic carbocycles. The second-order valence-corrected chi connectivity index (χ2v) is 8.23. The van der Waals surface area contributed by atoms with Gasteiger partial charge >= 0.3 is 0 Å². The number of para-hydroxylation sites is 1. The van der Waals surface area contributed by atoms with Gasteiger partial charge in [-0.3, -0.25) is 0 Å². The summed E-state index contributed by atoms with van der Waals surface area (Å²) in [5.74, 6) is 2.65. The molecule has 5 heteroatoms. The summed E-state index contributed by atoms with van der Waals surface area (Å²) in [5, 5.41) is 15.3. The van der Waals surface area contributed by atoms with Crippen LogP contribution in [-0.4, -0.2) is 12.8 Å². The van der Waals surface area contributed by atoms with Gasteiger partial charge in [0.25, 0.3) is 0 Å². The van der Waals surface area contributed by atoms with E-state index in [1.807, 2.05) is 12.1 Å². The second kappa shape index (κ2) is 5.41. The number of hydrogen-bond acceptors (Lipinski definition) is 5. The van der Waals surface area contributed by atoms with Crippen LogP contribution in [0.15, 0.2) is 36.4 Å². The fraction of sp³-hybridized carbons (Fsp3) is 0.409. The van der Waals surface area contributed by atoms with Gasteiger partial charge in [0.2, 0.25) is 6.79 Å².